The molecule has 0 aliphatic heterocycles. The van der Waals surface area contributed by atoms with Gasteiger partial charge in [0.2, 0.25) is 0 Å². The van der Waals surface area contributed by atoms with Crippen molar-refractivity contribution in [2.75, 3.05) is 18.8 Å². The maximum Gasteiger partial charge on any atom is 0.167 e. The Hall–Kier alpha value is -0.520. The molecule has 0 fully saturated rings. The van der Waals surface area contributed by atoms with Gasteiger partial charge in [0.15, 0.2) is 5.16 Å². The van der Waals surface area contributed by atoms with Gasteiger partial charge in [0.05, 0.1) is 6.10 Å². The monoisotopic (exact) mass is 215 g/mol. The van der Waals surface area contributed by atoms with Gasteiger partial charge in [-0.3, -0.25) is 0 Å². The zero-order valence-electron chi connectivity index (χ0n) is 8.60. The minimum absolute atomic E-state index is 0.309. The Bertz CT molecular complexity index is 264. The molecule has 1 rings (SSSR count). The van der Waals surface area contributed by atoms with Gasteiger partial charge in [-0.25, -0.2) is 4.98 Å². The van der Waals surface area contributed by atoms with Crippen LogP contribution in [0.2, 0.25) is 0 Å². The van der Waals surface area contributed by atoms with Crippen molar-refractivity contribution >= 4 is 11.8 Å². The number of aliphatic hydroxyl groups excluding tert-OH is 1. The first-order valence-electron chi connectivity index (χ1n) is 4.73. The zero-order chi connectivity index (χ0) is 10.4. The van der Waals surface area contributed by atoms with Crippen LogP contribution in [0.3, 0.4) is 0 Å². The molecule has 4 nitrogen and oxygen atoms in total. The second-order valence-electron chi connectivity index (χ2n) is 3.09. The van der Waals surface area contributed by atoms with Gasteiger partial charge in [-0.2, -0.15) is 0 Å². The summed E-state index contributed by atoms with van der Waals surface area (Å²) < 4.78 is 1.95. The van der Waals surface area contributed by atoms with Crippen LogP contribution in [0.15, 0.2) is 17.6 Å². The molecule has 1 aromatic heterocycles. The Morgan fingerprint density at radius 2 is 2.50 bits per heavy atom. The molecule has 2 N–H and O–H groups in total. The Kier molecular flexibility index (Phi) is 5.00. The summed E-state index contributed by atoms with van der Waals surface area (Å²) in [6, 6.07) is 0. The lowest BCUT2D eigenvalue weighted by Crippen LogP contribution is -2.28. The molecule has 0 saturated heterocycles. The number of imidazole rings is 1. The van der Waals surface area contributed by atoms with Gasteiger partial charge in [0.1, 0.15) is 0 Å². The highest BCUT2D eigenvalue weighted by atomic mass is 32.2. The number of hydrogen-bond acceptors (Lipinski definition) is 4. The molecule has 80 valence electrons. The number of thioether (sulfide) groups is 1. The largest absolute Gasteiger partial charge is 0.391 e. The summed E-state index contributed by atoms with van der Waals surface area (Å²) in [5, 5.41) is 13.6. The van der Waals surface area contributed by atoms with E-state index in [1.54, 1.807) is 18.0 Å². The van der Waals surface area contributed by atoms with Crippen molar-refractivity contribution in [2.45, 2.75) is 18.2 Å². The minimum Gasteiger partial charge on any atom is -0.391 e. The van der Waals surface area contributed by atoms with Crippen molar-refractivity contribution in [3.05, 3.63) is 12.4 Å². The SMILES string of the molecule is CCNCC(O)CSc1nccn1C. The molecule has 0 aliphatic carbocycles. The third-order valence-corrected chi connectivity index (χ3v) is 3.01. The summed E-state index contributed by atoms with van der Waals surface area (Å²) >= 11 is 1.57. The molecule has 5 heteroatoms. The number of nitrogens with zero attached hydrogens (tertiary/aromatic N) is 2. The molecule has 0 spiro atoms. The number of aliphatic hydroxyl groups is 1. The quantitative estimate of drug-likeness (QED) is 0.678. The molecule has 0 saturated carbocycles. The van der Waals surface area contributed by atoms with E-state index >= 15 is 0 Å². The number of hydrogen-bond donors (Lipinski definition) is 2. The van der Waals surface area contributed by atoms with Gasteiger partial charge in [0.25, 0.3) is 0 Å². The Morgan fingerprint density at radius 3 is 3.07 bits per heavy atom. The fourth-order valence-electron chi connectivity index (χ4n) is 1.03. The molecule has 0 aromatic carbocycles. The molecule has 1 atom stereocenters. The van der Waals surface area contributed by atoms with Gasteiger partial charge < -0.3 is 15.0 Å². The maximum atomic E-state index is 9.55. The Morgan fingerprint density at radius 1 is 1.71 bits per heavy atom. The molecule has 1 unspecified atom stereocenters. The lowest BCUT2D eigenvalue weighted by Gasteiger charge is -2.09. The van der Waals surface area contributed by atoms with Gasteiger partial charge in [-0.1, -0.05) is 18.7 Å². The maximum absolute atomic E-state index is 9.55. The molecular weight excluding hydrogens is 198 g/mol. The second-order valence-corrected chi connectivity index (χ2v) is 4.08. The number of likely N-dealkylation sites (N-methyl/N-ethyl adjacent to an activating group) is 1. The van der Waals surface area contributed by atoms with Crippen molar-refractivity contribution in [3.63, 3.8) is 0 Å². The summed E-state index contributed by atoms with van der Waals surface area (Å²) in [4.78, 5) is 4.16. The van der Waals surface area contributed by atoms with Crippen LogP contribution in [-0.2, 0) is 7.05 Å². The summed E-state index contributed by atoms with van der Waals surface area (Å²) in [5.41, 5.74) is 0. The van der Waals surface area contributed by atoms with E-state index in [1.165, 1.54) is 0 Å². The highest BCUT2D eigenvalue weighted by Crippen LogP contribution is 2.14. The van der Waals surface area contributed by atoms with Crippen LogP contribution in [-0.4, -0.2) is 39.6 Å². The highest BCUT2D eigenvalue weighted by Gasteiger charge is 2.06. The molecule has 0 bridgehead atoms. The average molecular weight is 215 g/mol. The van der Waals surface area contributed by atoms with E-state index in [0.717, 1.165) is 11.7 Å². The summed E-state index contributed by atoms with van der Waals surface area (Å²) in [7, 11) is 1.95. The van der Waals surface area contributed by atoms with E-state index in [0.29, 0.717) is 12.3 Å². The first kappa shape index (κ1) is 11.6. The molecule has 0 aliphatic rings. The van der Waals surface area contributed by atoms with Crippen LogP contribution in [0.5, 0.6) is 0 Å². The van der Waals surface area contributed by atoms with Gasteiger partial charge >= 0.3 is 0 Å². The lowest BCUT2D eigenvalue weighted by molar-refractivity contribution is 0.196. The smallest absolute Gasteiger partial charge is 0.167 e. The molecule has 14 heavy (non-hydrogen) atoms. The van der Waals surface area contributed by atoms with E-state index in [1.807, 2.05) is 24.7 Å². The van der Waals surface area contributed by atoms with Gasteiger partial charge in [0, 0.05) is 31.7 Å². The van der Waals surface area contributed by atoms with E-state index < -0.39 is 0 Å². The van der Waals surface area contributed by atoms with Crippen molar-refractivity contribution in [3.8, 4) is 0 Å². The molecule has 1 heterocycles. The number of aromatic nitrogens is 2. The summed E-state index contributed by atoms with van der Waals surface area (Å²) in [5.74, 6) is 0.678. The van der Waals surface area contributed by atoms with Crippen LogP contribution >= 0.6 is 11.8 Å². The van der Waals surface area contributed by atoms with E-state index in [-0.39, 0.29) is 6.10 Å². The number of rotatable bonds is 6. The topological polar surface area (TPSA) is 50.1 Å². The highest BCUT2D eigenvalue weighted by molar-refractivity contribution is 7.99. The first-order chi connectivity index (χ1) is 6.74. The molecular formula is C9H17N3OS. The fourth-order valence-corrected chi connectivity index (χ4v) is 1.89. The van der Waals surface area contributed by atoms with Crippen LogP contribution < -0.4 is 5.32 Å². The zero-order valence-corrected chi connectivity index (χ0v) is 9.42. The third-order valence-electron chi connectivity index (χ3n) is 1.81. The van der Waals surface area contributed by atoms with Crippen LogP contribution in [0.4, 0.5) is 0 Å². The van der Waals surface area contributed by atoms with E-state index in [4.69, 9.17) is 0 Å². The molecule has 0 amide bonds. The Balaban J connectivity index is 2.23. The van der Waals surface area contributed by atoms with Crippen molar-refractivity contribution in [1.82, 2.24) is 14.9 Å². The predicted octanol–water partition coefficient (Wildman–Crippen LogP) is 0.483. The van der Waals surface area contributed by atoms with Crippen LogP contribution in [0.1, 0.15) is 6.92 Å². The molecule has 0 radical (unpaired) electrons. The van der Waals surface area contributed by atoms with Gasteiger partial charge in [-0.15, -0.1) is 0 Å². The summed E-state index contributed by atoms with van der Waals surface area (Å²) in [6.45, 7) is 3.57. The first-order valence-corrected chi connectivity index (χ1v) is 5.71. The fraction of sp³-hybridized carbons (Fsp3) is 0.667. The van der Waals surface area contributed by atoms with Crippen LogP contribution in [0, 0.1) is 0 Å². The Labute approximate surface area is 88.7 Å². The van der Waals surface area contributed by atoms with E-state index in [2.05, 4.69) is 10.3 Å². The van der Waals surface area contributed by atoms with E-state index in [9.17, 15) is 5.11 Å². The third kappa shape index (κ3) is 3.69. The average Bonchev–Trinajstić information content (AvgIpc) is 2.58. The number of nitrogens with one attached hydrogen (secondary N) is 1. The number of aryl methyl sites for hydroxylation is 1. The standard InChI is InChI=1S/C9H17N3OS/c1-3-10-6-8(13)7-14-9-11-4-5-12(9)2/h4-5,8,10,13H,3,6-7H2,1-2H3. The lowest BCUT2D eigenvalue weighted by atomic mass is 10.4. The minimum atomic E-state index is -0.309. The second kappa shape index (κ2) is 6.06. The predicted molar refractivity (Wildman–Crippen MR) is 58.5 cm³/mol. The summed E-state index contributed by atoms with van der Waals surface area (Å²) in [6.07, 6.45) is 3.36. The van der Waals surface area contributed by atoms with Gasteiger partial charge in [-0.05, 0) is 6.54 Å². The normalized spacial score (nSPS) is 13.1. The van der Waals surface area contributed by atoms with Crippen molar-refractivity contribution in [2.24, 2.45) is 7.05 Å². The van der Waals surface area contributed by atoms with Crippen LogP contribution in [0.25, 0.3) is 0 Å². The van der Waals surface area contributed by atoms with Crippen molar-refractivity contribution < 1.29 is 5.11 Å². The molecule has 1 aromatic rings. The van der Waals surface area contributed by atoms with Crippen molar-refractivity contribution in [1.29, 1.82) is 0 Å².